The molecule has 0 saturated heterocycles. The van der Waals surface area contributed by atoms with Gasteiger partial charge in [-0.25, -0.2) is 4.98 Å². The summed E-state index contributed by atoms with van der Waals surface area (Å²) in [6.45, 7) is 1.93. The SMILES string of the molecule is CCc1nc(Cl)c(C#N)cc1Cl. The molecule has 1 aromatic rings. The molecule has 0 aliphatic heterocycles. The molecule has 62 valence electrons. The van der Waals surface area contributed by atoms with Gasteiger partial charge in [0.1, 0.15) is 11.2 Å². The van der Waals surface area contributed by atoms with Crippen LogP contribution in [0.5, 0.6) is 0 Å². The molecule has 1 aromatic heterocycles. The van der Waals surface area contributed by atoms with Crippen molar-refractivity contribution in [2.24, 2.45) is 0 Å². The summed E-state index contributed by atoms with van der Waals surface area (Å²) in [5.74, 6) is 0. The quantitative estimate of drug-likeness (QED) is 0.655. The molecule has 0 aliphatic rings. The number of nitriles is 1. The first-order chi connectivity index (χ1) is 5.69. The molecule has 1 rings (SSSR count). The summed E-state index contributed by atoms with van der Waals surface area (Å²) in [5, 5.41) is 9.29. The Labute approximate surface area is 80.7 Å². The highest BCUT2D eigenvalue weighted by Crippen LogP contribution is 2.21. The van der Waals surface area contributed by atoms with Gasteiger partial charge in [-0.2, -0.15) is 5.26 Å². The number of rotatable bonds is 1. The van der Waals surface area contributed by atoms with Gasteiger partial charge in [0.25, 0.3) is 0 Å². The van der Waals surface area contributed by atoms with Crippen LogP contribution in [-0.2, 0) is 6.42 Å². The second-order valence-electron chi connectivity index (χ2n) is 2.22. The van der Waals surface area contributed by atoms with Gasteiger partial charge in [0.15, 0.2) is 0 Å². The van der Waals surface area contributed by atoms with E-state index in [1.807, 2.05) is 13.0 Å². The Bertz CT molecular complexity index is 341. The average Bonchev–Trinajstić information content (AvgIpc) is 2.08. The van der Waals surface area contributed by atoms with Crippen molar-refractivity contribution in [2.45, 2.75) is 13.3 Å². The molecule has 2 nitrogen and oxygen atoms in total. The van der Waals surface area contributed by atoms with Gasteiger partial charge in [-0.3, -0.25) is 0 Å². The highest BCUT2D eigenvalue weighted by atomic mass is 35.5. The van der Waals surface area contributed by atoms with Crippen LogP contribution in [-0.4, -0.2) is 4.98 Å². The van der Waals surface area contributed by atoms with Gasteiger partial charge >= 0.3 is 0 Å². The van der Waals surface area contributed by atoms with Gasteiger partial charge in [-0.1, -0.05) is 30.1 Å². The average molecular weight is 201 g/mol. The second-order valence-corrected chi connectivity index (χ2v) is 2.99. The highest BCUT2D eigenvalue weighted by Gasteiger charge is 2.06. The minimum atomic E-state index is 0.221. The maximum Gasteiger partial charge on any atom is 0.147 e. The van der Waals surface area contributed by atoms with Crippen molar-refractivity contribution in [2.75, 3.05) is 0 Å². The van der Waals surface area contributed by atoms with Gasteiger partial charge in [-0.15, -0.1) is 0 Å². The predicted octanol–water partition coefficient (Wildman–Crippen LogP) is 2.82. The number of nitrogens with zero attached hydrogens (tertiary/aromatic N) is 2. The van der Waals surface area contributed by atoms with Gasteiger partial charge in [0, 0.05) is 0 Å². The summed E-state index contributed by atoms with van der Waals surface area (Å²) in [4.78, 5) is 3.97. The highest BCUT2D eigenvalue weighted by molar-refractivity contribution is 6.33. The minimum absolute atomic E-state index is 0.221. The van der Waals surface area contributed by atoms with Crippen LogP contribution in [0.1, 0.15) is 18.2 Å². The second kappa shape index (κ2) is 3.75. The van der Waals surface area contributed by atoms with Gasteiger partial charge in [0.05, 0.1) is 16.3 Å². The third kappa shape index (κ3) is 1.69. The number of pyridine rings is 1. The van der Waals surface area contributed by atoms with Crippen molar-refractivity contribution in [1.29, 1.82) is 5.26 Å². The van der Waals surface area contributed by atoms with Crippen LogP contribution in [0.4, 0.5) is 0 Å². The third-order valence-corrected chi connectivity index (χ3v) is 2.07. The fourth-order valence-electron chi connectivity index (χ4n) is 0.828. The summed E-state index contributed by atoms with van der Waals surface area (Å²) in [6.07, 6.45) is 0.713. The van der Waals surface area contributed by atoms with E-state index in [2.05, 4.69) is 4.98 Å². The Morgan fingerprint density at radius 3 is 2.75 bits per heavy atom. The molecule has 0 spiro atoms. The molecule has 0 fully saturated rings. The molecule has 0 atom stereocenters. The number of halogens is 2. The largest absolute Gasteiger partial charge is 0.238 e. The topological polar surface area (TPSA) is 36.7 Å². The van der Waals surface area contributed by atoms with Crippen LogP contribution in [0.2, 0.25) is 10.2 Å². The van der Waals surface area contributed by atoms with E-state index in [9.17, 15) is 0 Å². The summed E-state index contributed by atoms with van der Waals surface area (Å²) in [6, 6.07) is 3.45. The van der Waals surface area contributed by atoms with Crippen molar-refractivity contribution < 1.29 is 0 Å². The normalized spacial score (nSPS) is 9.50. The molecule has 4 heteroatoms. The van der Waals surface area contributed by atoms with Crippen molar-refractivity contribution in [3.63, 3.8) is 0 Å². The molecule has 0 radical (unpaired) electrons. The monoisotopic (exact) mass is 200 g/mol. The molecule has 0 saturated carbocycles. The first-order valence-corrected chi connectivity index (χ1v) is 4.19. The minimum Gasteiger partial charge on any atom is -0.238 e. The van der Waals surface area contributed by atoms with E-state index in [1.54, 1.807) is 0 Å². The lowest BCUT2D eigenvalue weighted by atomic mass is 10.2. The summed E-state index contributed by atoms with van der Waals surface area (Å²) in [7, 11) is 0. The standard InChI is InChI=1S/C8H6Cl2N2/c1-2-7-6(9)3-5(4-11)8(10)12-7/h3H,2H2,1H3. The maximum absolute atomic E-state index is 8.57. The molecule has 0 aromatic carbocycles. The number of aromatic nitrogens is 1. The van der Waals surface area contributed by atoms with E-state index in [4.69, 9.17) is 28.5 Å². The maximum atomic E-state index is 8.57. The predicted molar refractivity (Wildman–Crippen MR) is 48.4 cm³/mol. The van der Waals surface area contributed by atoms with Crippen LogP contribution in [0, 0.1) is 11.3 Å². The Morgan fingerprint density at radius 1 is 1.58 bits per heavy atom. The molecule has 1 heterocycles. The number of aryl methyl sites for hydroxylation is 1. The zero-order chi connectivity index (χ0) is 9.14. The lowest BCUT2D eigenvalue weighted by molar-refractivity contribution is 1.03. The van der Waals surface area contributed by atoms with Crippen LogP contribution in [0.3, 0.4) is 0 Å². The smallest absolute Gasteiger partial charge is 0.147 e. The Balaban J connectivity index is 3.28. The summed E-state index contributed by atoms with van der Waals surface area (Å²) < 4.78 is 0. The molecule has 0 aliphatic carbocycles. The van der Waals surface area contributed by atoms with E-state index in [0.29, 0.717) is 17.0 Å². The molecule has 12 heavy (non-hydrogen) atoms. The lowest BCUT2D eigenvalue weighted by Gasteiger charge is -2.01. The molecule has 0 N–H and O–H groups in total. The molecular formula is C8H6Cl2N2. The lowest BCUT2D eigenvalue weighted by Crippen LogP contribution is -1.91. The van der Waals surface area contributed by atoms with Gasteiger partial charge in [-0.05, 0) is 12.5 Å². The van der Waals surface area contributed by atoms with Crippen LogP contribution in [0.25, 0.3) is 0 Å². The summed E-state index contributed by atoms with van der Waals surface area (Å²) in [5.41, 5.74) is 1.04. The molecular weight excluding hydrogens is 195 g/mol. The Morgan fingerprint density at radius 2 is 2.25 bits per heavy atom. The zero-order valence-corrected chi connectivity index (χ0v) is 7.95. The van der Waals surface area contributed by atoms with Crippen LogP contribution >= 0.6 is 23.2 Å². The first kappa shape index (κ1) is 9.31. The number of hydrogen-bond acceptors (Lipinski definition) is 2. The zero-order valence-electron chi connectivity index (χ0n) is 6.43. The van der Waals surface area contributed by atoms with Crippen LogP contribution in [0.15, 0.2) is 6.07 Å². The van der Waals surface area contributed by atoms with Crippen molar-refractivity contribution >= 4 is 23.2 Å². The fraction of sp³-hybridized carbons (Fsp3) is 0.250. The van der Waals surface area contributed by atoms with E-state index < -0.39 is 0 Å². The van der Waals surface area contributed by atoms with Gasteiger partial charge in [0.2, 0.25) is 0 Å². The van der Waals surface area contributed by atoms with Crippen molar-refractivity contribution in [3.8, 4) is 6.07 Å². The van der Waals surface area contributed by atoms with E-state index in [0.717, 1.165) is 5.69 Å². The first-order valence-electron chi connectivity index (χ1n) is 3.44. The Hall–Kier alpha value is -0.780. The molecule has 0 bridgehead atoms. The van der Waals surface area contributed by atoms with Crippen molar-refractivity contribution in [1.82, 2.24) is 4.98 Å². The van der Waals surface area contributed by atoms with E-state index in [1.165, 1.54) is 6.07 Å². The number of hydrogen-bond donors (Lipinski definition) is 0. The van der Waals surface area contributed by atoms with Crippen molar-refractivity contribution in [3.05, 3.63) is 27.5 Å². The fourth-order valence-corrected chi connectivity index (χ4v) is 1.31. The van der Waals surface area contributed by atoms with E-state index >= 15 is 0 Å². The van der Waals surface area contributed by atoms with E-state index in [-0.39, 0.29) is 5.15 Å². The molecule has 0 unspecified atom stereocenters. The summed E-state index contributed by atoms with van der Waals surface area (Å²) >= 11 is 11.5. The molecule has 0 amide bonds. The van der Waals surface area contributed by atoms with Crippen LogP contribution < -0.4 is 0 Å². The third-order valence-electron chi connectivity index (χ3n) is 1.46. The van der Waals surface area contributed by atoms with Gasteiger partial charge < -0.3 is 0 Å². The Kier molecular flexibility index (Phi) is 2.91.